The highest BCUT2D eigenvalue weighted by Gasteiger charge is 1.97. The lowest BCUT2D eigenvalue weighted by molar-refractivity contribution is 0.786. The largest absolute Gasteiger partial charge is 0.327 e. The zero-order valence-corrected chi connectivity index (χ0v) is 6.70. The molecule has 0 saturated carbocycles. The van der Waals surface area contributed by atoms with Crippen molar-refractivity contribution in [1.29, 1.82) is 0 Å². The molecule has 0 fully saturated rings. The molecule has 9 heavy (non-hydrogen) atoms. The van der Waals surface area contributed by atoms with E-state index >= 15 is 0 Å². The highest BCUT2D eigenvalue weighted by molar-refractivity contribution is 7.98. The van der Waals surface area contributed by atoms with Gasteiger partial charge in [0.25, 0.3) is 0 Å². The van der Waals surface area contributed by atoms with Crippen molar-refractivity contribution in [2.45, 2.75) is 11.9 Å². The average molecular weight is 142 g/mol. The molecule has 0 aliphatic heterocycles. The molecule has 0 saturated heterocycles. The minimum absolute atomic E-state index is 1.07. The van der Waals surface area contributed by atoms with Gasteiger partial charge in [0.1, 0.15) is 5.82 Å². The van der Waals surface area contributed by atoms with Crippen molar-refractivity contribution in [2.75, 3.05) is 6.26 Å². The van der Waals surface area contributed by atoms with Crippen LogP contribution in [-0.4, -0.2) is 15.8 Å². The minimum atomic E-state index is 1.07. The highest BCUT2D eigenvalue weighted by Crippen LogP contribution is 2.13. The number of imidazole rings is 1. The molecule has 1 aromatic heterocycles. The molecule has 1 aromatic rings. The Morgan fingerprint density at radius 2 is 2.33 bits per heavy atom. The van der Waals surface area contributed by atoms with Crippen LogP contribution in [0, 0.1) is 6.92 Å². The van der Waals surface area contributed by atoms with Crippen LogP contribution in [0.15, 0.2) is 11.2 Å². The number of rotatable bonds is 1. The maximum atomic E-state index is 4.13. The minimum Gasteiger partial charge on any atom is -0.327 e. The van der Waals surface area contributed by atoms with Gasteiger partial charge in [-0.2, -0.15) is 0 Å². The zero-order chi connectivity index (χ0) is 6.85. The normalized spacial score (nSPS) is 10.1. The van der Waals surface area contributed by atoms with E-state index in [0.29, 0.717) is 0 Å². The summed E-state index contributed by atoms with van der Waals surface area (Å²) in [5.41, 5.74) is 0. The van der Waals surface area contributed by atoms with Gasteiger partial charge < -0.3 is 4.57 Å². The summed E-state index contributed by atoms with van der Waals surface area (Å²) in [5, 5.41) is 1.22. The van der Waals surface area contributed by atoms with Gasteiger partial charge in [-0.25, -0.2) is 4.98 Å². The molecule has 0 bridgehead atoms. The number of hydrogen-bond donors (Lipinski definition) is 0. The fourth-order valence-corrected chi connectivity index (χ4v) is 1.24. The van der Waals surface area contributed by atoms with Crippen LogP contribution in [0.4, 0.5) is 0 Å². The molecule has 0 spiro atoms. The van der Waals surface area contributed by atoms with Crippen LogP contribution in [0.1, 0.15) is 5.82 Å². The molecule has 0 aliphatic carbocycles. The maximum absolute atomic E-state index is 4.13. The first-order chi connectivity index (χ1) is 4.25. The highest BCUT2D eigenvalue weighted by atomic mass is 32.2. The van der Waals surface area contributed by atoms with Crippen molar-refractivity contribution in [1.82, 2.24) is 9.55 Å². The predicted molar refractivity (Wildman–Crippen MR) is 39.7 cm³/mol. The van der Waals surface area contributed by atoms with Crippen LogP contribution in [0.5, 0.6) is 0 Å². The SMILES string of the molecule is CSc1cnc(C)n1C. The third-order valence-corrected chi connectivity index (χ3v) is 2.18. The van der Waals surface area contributed by atoms with Crippen LogP contribution in [0.3, 0.4) is 0 Å². The standard InChI is InChI=1S/C6H10N2S/c1-5-7-4-6(9-3)8(5)2/h4H,1-3H3. The molecule has 2 nitrogen and oxygen atoms in total. The van der Waals surface area contributed by atoms with Gasteiger partial charge in [-0.15, -0.1) is 11.8 Å². The van der Waals surface area contributed by atoms with Crippen molar-refractivity contribution in [3.05, 3.63) is 12.0 Å². The number of thioether (sulfide) groups is 1. The quantitative estimate of drug-likeness (QED) is 0.552. The van der Waals surface area contributed by atoms with E-state index < -0.39 is 0 Å². The molecular formula is C6H10N2S. The Hall–Kier alpha value is -0.440. The summed E-state index contributed by atoms with van der Waals surface area (Å²) in [6, 6.07) is 0. The number of aryl methyl sites for hydroxylation is 1. The fraction of sp³-hybridized carbons (Fsp3) is 0.500. The van der Waals surface area contributed by atoms with Crippen molar-refractivity contribution < 1.29 is 0 Å². The van der Waals surface area contributed by atoms with Crippen LogP contribution >= 0.6 is 11.8 Å². The Morgan fingerprint density at radius 1 is 1.67 bits per heavy atom. The molecule has 50 valence electrons. The van der Waals surface area contributed by atoms with E-state index in [9.17, 15) is 0 Å². The van der Waals surface area contributed by atoms with Crippen molar-refractivity contribution in [3.63, 3.8) is 0 Å². The second-order valence-corrected chi connectivity index (χ2v) is 2.73. The monoisotopic (exact) mass is 142 g/mol. The van der Waals surface area contributed by atoms with E-state index in [1.54, 1.807) is 11.8 Å². The molecule has 0 N–H and O–H groups in total. The Balaban J connectivity index is 3.04. The van der Waals surface area contributed by atoms with Gasteiger partial charge in [0.05, 0.1) is 11.2 Å². The maximum Gasteiger partial charge on any atom is 0.106 e. The first-order valence-electron chi connectivity index (χ1n) is 2.78. The van der Waals surface area contributed by atoms with Crippen LogP contribution in [0.25, 0.3) is 0 Å². The topological polar surface area (TPSA) is 17.8 Å². The van der Waals surface area contributed by atoms with Gasteiger partial charge in [0.2, 0.25) is 0 Å². The molecular weight excluding hydrogens is 132 g/mol. The second-order valence-electron chi connectivity index (χ2n) is 1.91. The summed E-state index contributed by atoms with van der Waals surface area (Å²) >= 11 is 1.72. The van der Waals surface area contributed by atoms with E-state index in [-0.39, 0.29) is 0 Å². The third kappa shape index (κ3) is 1.10. The summed E-state index contributed by atoms with van der Waals surface area (Å²) in [6.07, 6.45) is 3.94. The Morgan fingerprint density at radius 3 is 2.56 bits per heavy atom. The fourth-order valence-electron chi connectivity index (χ4n) is 0.671. The average Bonchev–Trinajstić information content (AvgIpc) is 2.15. The van der Waals surface area contributed by atoms with E-state index in [0.717, 1.165) is 5.82 Å². The molecule has 0 radical (unpaired) electrons. The lowest BCUT2D eigenvalue weighted by atomic mass is 10.7. The molecule has 1 heterocycles. The molecule has 0 aromatic carbocycles. The van der Waals surface area contributed by atoms with E-state index in [1.165, 1.54) is 5.03 Å². The van der Waals surface area contributed by atoms with Crippen LogP contribution in [-0.2, 0) is 7.05 Å². The van der Waals surface area contributed by atoms with E-state index in [1.807, 2.05) is 20.2 Å². The molecule has 0 atom stereocenters. The van der Waals surface area contributed by atoms with Crippen molar-refractivity contribution in [3.8, 4) is 0 Å². The zero-order valence-electron chi connectivity index (χ0n) is 5.88. The number of hydrogen-bond acceptors (Lipinski definition) is 2. The third-order valence-electron chi connectivity index (χ3n) is 1.39. The van der Waals surface area contributed by atoms with Gasteiger partial charge in [-0.3, -0.25) is 0 Å². The van der Waals surface area contributed by atoms with Gasteiger partial charge in [0, 0.05) is 7.05 Å². The summed E-state index contributed by atoms with van der Waals surface area (Å²) < 4.78 is 2.07. The lowest BCUT2D eigenvalue weighted by Crippen LogP contribution is -1.91. The number of nitrogens with zero attached hydrogens (tertiary/aromatic N) is 2. The van der Waals surface area contributed by atoms with Gasteiger partial charge in [0.15, 0.2) is 0 Å². The van der Waals surface area contributed by atoms with Gasteiger partial charge >= 0.3 is 0 Å². The Kier molecular flexibility index (Phi) is 1.81. The van der Waals surface area contributed by atoms with Crippen molar-refractivity contribution in [2.24, 2.45) is 7.05 Å². The summed E-state index contributed by atoms with van der Waals surface area (Å²) in [7, 11) is 2.02. The van der Waals surface area contributed by atoms with Gasteiger partial charge in [-0.1, -0.05) is 0 Å². The Bertz CT molecular complexity index is 205. The van der Waals surface area contributed by atoms with E-state index in [4.69, 9.17) is 0 Å². The molecule has 3 heteroatoms. The smallest absolute Gasteiger partial charge is 0.106 e. The van der Waals surface area contributed by atoms with Crippen LogP contribution < -0.4 is 0 Å². The Labute approximate surface area is 59.3 Å². The second kappa shape index (κ2) is 2.43. The van der Waals surface area contributed by atoms with E-state index in [2.05, 4.69) is 15.8 Å². The number of aromatic nitrogens is 2. The molecule has 0 aliphatic rings. The van der Waals surface area contributed by atoms with Gasteiger partial charge in [-0.05, 0) is 13.2 Å². The molecule has 0 unspecified atom stereocenters. The summed E-state index contributed by atoms with van der Waals surface area (Å²) in [6.45, 7) is 2.00. The molecule has 1 rings (SSSR count). The lowest BCUT2D eigenvalue weighted by Gasteiger charge is -1.96. The first kappa shape index (κ1) is 6.68. The summed E-state index contributed by atoms with van der Waals surface area (Å²) in [5.74, 6) is 1.07. The van der Waals surface area contributed by atoms with Crippen molar-refractivity contribution >= 4 is 11.8 Å². The van der Waals surface area contributed by atoms with Crippen LogP contribution in [0.2, 0.25) is 0 Å². The summed E-state index contributed by atoms with van der Waals surface area (Å²) in [4.78, 5) is 4.13. The molecule has 0 amide bonds. The predicted octanol–water partition coefficient (Wildman–Crippen LogP) is 1.45. The first-order valence-corrected chi connectivity index (χ1v) is 4.00.